The van der Waals surface area contributed by atoms with Gasteiger partial charge in [-0.25, -0.2) is 5.43 Å². The standard InChI is InChI=1S/C23H17Br3Cl2N2O4/c1-2-33-20-7-14(10-29-30-23(32)13-5-17(25)22(31)18(26)6-13)16(24)9-21(20)34-11-12-3-4-15(27)8-19(12)28/h3-10,31H,2,11H2,1H3,(H,30,32)/b29-10-. The summed E-state index contributed by atoms with van der Waals surface area (Å²) in [7, 11) is 0. The average molecular weight is 696 g/mol. The number of hydrogen-bond donors (Lipinski definition) is 2. The summed E-state index contributed by atoms with van der Waals surface area (Å²) in [6.07, 6.45) is 1.48. The third kappa shape index (κ3) is 6.88. The van der Waals surface area contributed by atoms with Crippen LogP contribution < -0.4 is 14.9 Å². The van der Waals surface area contributed by atoms with Gasteiger partial charge in [-0.3, -0.25) is 4.79 Å². The summed E-state index contributed by atoms with van der Waals surface area (Å²) in [5, 5.41) is 14.9. The van der Waals surface area contributed by atoms with Gasteiger partial charge in [0.2, 0.25) is 0 Å². The number of halogens is 5. The Morgan fingerprint density at radius 1 is 1.03 bits per heavy atom. The lowest BCUT2D eigenvalue weighted by Gasteiger charge is -2.14. The zero-order chi connectivity index (χ0) is 24.8. The summed E-state index contributed by atoms with van der Waals surface area (Å²) in [4.78, 5) is 12.4. The van der Waals surface area contributed by atoms with E-state index in [1.54, 1.807) is 30.3 Å². The lowest BCUT2D eigenvalue weighted by atomic mass is 10.2. The molecule has 0 fully saturated rings. The highest BCUT2D eigenvalue weighted by Gasteiger charge is 2.13. The SMILES string of the molecule is CCOc1cc(/C=N\NC(=O)c2cc(Br)c(O)c(Br)c2)c(Br)cc1OCc1ccc(Cl)cc1Cl. The quantitative estimate of drug-likeness (QED) is 0.187. The molecule has 0 spiro atoms. The van der Waals surface area contributed by atoms with E-state index in [1.807, 2.05) is 6.92 Å². The fourth-order valence-electron chi connectivity index (χ4n) is 2.75. The maximum absolute atomic E-state index is 12.4. The molecule has 0 aromatic heterocycles. The van der Waals surface area contributed by atoms with E-state index in [0.717, 1.165) is 5.56 Å². The number of carbonyl (C=O) groups is 1. The summed E-state index contributed by atoms with van der Waals surface area (Å²) in [6, 6.07) is 11.7. The minimum Gasteiger partial charge on any atom is -0.506 e. The Balaban J connectivity index is 1.75. The molecule has 0 aliphatic heterocycles. The molecule has 0 bridgehead atoms. The van der Waals surface area contributed by atoms with Crippen molar-refractivity contribution < 1.29 is 19.4 Å². The number of nitrogens with zero attached hydrogens (tertiary/aromatic N) is 1. The van der Waals surface area contributed by atoms with Crippen LogP contribution in [0.4, 0.5) is 0 Å². The highest BCUT2D eigenvalue weighted by molar-refractivity contribution is 9.11. The van der Waals surface area contributed by atoms with E-state index < -0.39 is 5.91 Å². The number of ether oxygens (including phenoxy) is 2. The molecule has 0 radical (unpaired) electrons. The van der Waals surface area contributed by atoms with Crippen LogP contribution in [0, 0.1) is 0 Å². The highest BCUT2D eigenvalue weighted by atomic mass is 79.9. The first-order valence-corrected chi connectivity index (χ1v) is 12.9. The highest BCUT2D eigenvalue weighted by Crippen LogP contribution is 2.35. The molecule has 0 saturated carbocycles. The molecule has 0 saturated heterocycles. The Labute approximate surface area is 231 Å². The predicted octanol–water partition coefficient (Wildman–Crippen LogP) is 7.73. The van der Waals surface area contributed by atoms with Crippen LogP contribution in [0.1, 0.15) is 28.4 Å². The van der Waals surface area contributed by atoms with Crippen molar-refractivity contribution in [3.63, 3.8) is 0 Å². The number of carbonyl (C=O) groups excluding carboxylic acids is 1. The zero-order valence-electron chi connectivity index (χ0n) is 17.5. The van der Waals surface area contributed by atoms with Crippen LogP contribution in [0.2, 0.25) is 10.0 Å². The predicted molar refractivity (Wildman–Crippen MR) is 145 cm³/mol. The summed E-state index contributed by atoms with van der Waals surface area (Å²) < 4.78 is 13.1. The zero-order valence-corrected chi connectivity index (χ0v) is 23.8. The first kappa shape index (κ1) is 26.8. The van der Waals surface area contributed by atoms with Gasteiger partial charge in [-0.2, -0.15) is 5.10 Å². The van der Waals surface area contributed by atoms with E-state index in [2.05, 4.69) is 58.3 Å². The van der Waals surface area contributed by atoms with Crippen LogP contribution in [0.3, 0.4) is 0 Å². The van der Waals surface area contributed by atoms with E-state index in [0.29, 0.717) is 52.7 Å². The molecule has 2 N–H and O–H groups in total. The molecule has 0 aliphatic carbocycles. The first-order valence-electron chi connectivity index (χ1n) is 9.74. The third-order valence-electron chi connectivity index (χ3n) is 4.41. The van der Waals surface area contributed by atoms with E-state index in [1.165, 1.54) is 18.3 Å². The van der Waals surface area contributed by atoms with E-state index in [9.17, 15) is 9.90 Å². The van der Waals surface area contributed by atoms with Gasteiger partial charge in [0, 0.05) is 31.2 Å². The van der Waals surface area contributed by atoms with E-state index in [4.69, 9.17) is 32.7 Å². The van der Waals surface area contributed by atoms with Crippen molar-refractivity contribution in [2.45, 2.75) is 13.5 Å². The van der Waals surface area contributed by atoms with Crippen LogP contribution in [0.25, 0.3) is 0 Å². The minimum atomic E-state index is -0.446. The molecule has 6 nitrogen and oxygen atoms in total. The van der Waals surface area contributed by atoms with E-state index >= 15 is 0 Å². The molecule has 3 rings (SSSR count). The largest absolute Gasteiger partial charge is 0.506 e. The second-order valence-electron chi connectivity index (χ2n) is 6.77. The van der Waals surface area contributed by atoms with Crippen molar-refractivity contribution in [1.82, 2.24) is 5.43 Å². The maximum Gasteiger partial charge on any atom is 0.271 e. The Bertz CT molecular complexity index is 1230. The van der Waals surface area contributed by atoms with Gasteiger partial charge in [0.05, 0.1) is 21.8 Å². The Morgan fingerprint density at radius 2 is 1.71 bits per heavy atom. The monoisotopic (exact) mass is 692 g/mol. The summed E-state index contributed by atoms with van der Waals surface area (Å²) in [5.74, 6) is 0.585. The smallest absolute Gasteiger partial charge is 0.271 e. The van der Waals surface area contributed by atoms with Gasteiger partial charge >= 0.3 is 0 Å². The number of phenolic OH excluding ortho intramolecular Hbond substituents is 1. The first-order chi connectivity index (χ1) is 16.2. The van der Waals surface area contributed by atoms with Crippen molar-refractivity contribution in [1.29, 1.82) is 0 Å². The Hall–Kier alpha value is -1.78. The second kappa shape index (κ2) is 12.3. The second-order valence-corrected chi connectivity index (χ2v) is 10.2. The van der Waals surface area contributed by atoms with Gasteiger partial charge < -0.3 is 14.6 Å². The Kier molecular flexibility index (Phi) is 9.67. The minimum absolute atomic E-state index is 0.00748. The summed E-state index contributed by atoms with van der Waals surface area (Å²) in [5.41, 5.74) is 4.22. The van der Waals surface area contributed by atoms with Crippen molar-refractivity contribution in [3.8, 4) is 17.2 Å². The number of amides is 1. The van der Waals surface area contributed by atoms with Crippen LogP contribution >= 0.6 is 71.0 Å². The molecule has 178 valence electrons. The topological polar surface area (TPSA) is 80.2 Å². The average Bonchev–Trinajstić information content (AvgIpc) is 2.78. The summed E-state index contributed by atoms with van der Waals surface area (Å²) in [6.45, 7) is 2.52. The van der Waals surface area contributed by atoms with Gasteiger partial charge in [-0.1, -0.05) is 29.3 Å². The molecule has 0 unspecified atom stereocenters. The Morgan fingerprint density at radius 3 is 2.35 bits per heavy atom. The van der Waals surface area contributed by atoms with Gasteiger partial charge in [-0.15, -0.1) is 0 Å². The fourth-order valence-corrected chi connectivity index (χ4v) is 4.82. The molecule has 11 heteroatoms. The molecule has 3 aromatic rings. The molecule has 3 aromatic carbocycles. The number of nitrogens with one attached hydrogen (secondary N) is 1. The van der Waals surface area contributed by atoms with Crippen LogP contribution in [-0.4, -0.2) is 23.8 Å². The maximum atomic E-state index is 12.4. The summed E-state index contributed by atoms with van der Waals surface area (Å²) >= 11 is 22.1. The molecule has 0 aliphatic rings. The van der Waals surface area contributed by atoms with Gasteiger partial charge in [0.1, 0.15) is 12.4 Å². The third-order valence-corrected chi connectivity index (χ3v) is 6.89. The van der Waals surface area contributed by atoms with Gasteiger partial charge in [0.15, 0.2) is 11.5 Å². The van der Waals surface area contributed by atoms with Gasteiger partial charge in [0.25, 0.3) is 5.91 Å². The van der Waals surface area contributed by atoms with Crippen LogP contribution in [-0.2, 0) is 6.61 Å². The molecular weight excluding hydrogens is 679 g/mol. The number of hydrazone groups is 1. The lowest BCUT2D eigenvalue weighted by molar-refractivity contribution is 0.0955. The number of rotatable bonds is 8. The van der Waals surface area contributed by atoms with Crippen molar-refractivity contribution in [2.24, 2.45) is 5.10 Å². The van der Waals surface area contributed by atoms with Gasteiger partial charge in [-0.05, 0) is 91.1 Å². The van der Waals surface area contributed by atoms with Crippen molar-refractivity contribution in [3.05, 3.63) is 82.6 Å². The molecule has 0 heterocycles. The number of benzene rings is 3. The fraction of sp³-hybridized carbons (Fsp3) is 0.130. The number of hydrogen-bond acceptors (Lipinski definition) is 5. The molecule has 1 amide bonds. The van der Waals surface area contributed by atoms with Crippen LogP contribution in [0.15, 0.2) is 61.0 Å². The normalized spacial score (nSPS) is 11.0. The van der Waals surface area contributed by atoms with Crippen molar-refractivity contribution >= 4 is 83.1 Å². The van der Waals surface area contributed by atoms with Crippen molar-refractivity contribution in [2.75, 3.05) is 6.61 Å². The molecular formula is C23H17Br3Cl2N2O4. The lowest BCUT2D eigenvalue weighted by Crippen LogP contribution is -2.17. The number of aromatic hydroxyl groups is 1. The molecule has 0 atom stereocenters. The molecule has 34 heavy (non-hydrogen) atoms. The van der Waals surface area contributed by atoms with E-state index in [-0.39, 0.29) is 12.4 Å². The van der Waals surface area contributed by atoms with Crippen LogP contribution in [0.5, 0.6) is 17.2 Å². The number of phenols is 1.